The van der Waals surface area contributed by atoms with E-state index in [9.17, 15) is 9.59 Å². The third-order valence-electron chi connectivity index (χ3n) is 6.03. The SMILES string of the molecule is Cc1c(Cl)cccc1N1C(=O)C(c2ccc(OC(C)C)cc2)=C(N2CCCC(C)C2)C1=O. The number of hydrogen-bond acceptors (Lipinski definition) is 4. The molecule has 2 aromatic rings. The van der Waals surface area contributed by atoms with Crippen molar-refractivity contribution in [2.45, 2.75) is 46.6 Å². The van der Waals surface area contributed by atoms with Crippen LogP contribution < -0.4 is 9.64 Å². The van der Waals surface area contributed by atoms with E-state index >= 15 is 0 Å². The van der Waals surface area contributed by atoms with Crippen molar-refractivity contribution in [3.05, 3.63) is 64.3 Å². The lowest BCUT2D eigenvalue weighted by molar-refractivity contribution is -0.120. The quantitative estimate of drug-likeness (QED) is 0.566. The number of carbonyl (C=O) groups is 2. The fourth-order valence-corrected chi connectivity index (χ4v) is 4.66. The number of amides is 2. The van der Waals surface area contributed by atoms with E-state index in [1.807, 2.05) is 45.0 Å². The van der Waals surface area contributed by atoms with Crippen LogP contribution in [0.15, 0.2) is 48.2 Å². The molecule has 168 valence electrons. The monoisotopic (exact) mass is 452 g/mol. The molecular weight excluding hydrogens is 424 g/mol. The van der Waals surface area contributed by atoms with E-state index in [4.69, 9.17) is 16.3 Å². The average molecular weight is 453 g/mol. The molecule has 0 spiro atoms. The fraction of sp³-hybridized carbons (Fsp3) is 0.385. The van der Waals surface area contributed by atoms with Gasteiger partial charge in [-0.1, -0.05) is 36.7 Å². The van der Waals surface area contributed by atoms with Gasteiger partial charge in [0.1, 0.15) is 11.4 Å². The molecule has 32 heavy (non-hydrogen) atoms. The van der Waals surface area contributed by atoms with E-state index in [1.54, 1.807) is 18.2 Å². The number of halogens is 1. The first kappa shape index (κ1) is 22.4. The van der Waals surface area contributed by atoms with Crippen LogP contribution in [0.2, 0.25) is 5.02 Å². The lowest BCUT2D eigenvalue weighted by Gasteiger charge is -2.33. The maximum absolute atomic E-state index is 13.7. The summed E-state index contributed by atoms with van der Waals surface area (Å²) in [5.41, 5.74) is 2.89. The lowest BCUT2D eigenvalue weighted by Crippen LogP contribution is -2.39. The highest BCUT2D eigenvalue weighted by Gasteiger charge is 2.43. The van der Waals surface area contributed by atoms with Gasteiger partial charge in [-0.3, -0.25) is 9.59 Å². The molecule has 0 saturated carbocycles. The Morgan fingerprint density at radius 3 is 2.44 bits per heavy atom. The molecule has 0 radical (unpaired) electrons. The third kappa shape index (κ3) is 4.14. The molecule has 2 aliphatic heterocycles. The average Bonchev–Trinajstić information content (AvgIpc) is 3.00. The zero-order chi connectivity index (χ0) is 23.0. The highest BCUT2D eigenvalue weighted by molar-refractivity contribution is 6.46. The molecule has 1 saturated heterocycles. The van der Waals surface area contributed by atoms with Crippen molar-refractivity contribution in [3.63, 3.8) is 0 Å². The van der Waals surface area contributed by atoms with Crippen LogP contribution in [0.4, 0.5) is 5.69 Å². The van der Waals surface area contributed by atoms with Gasteiger partial charge in [0.2, 0.25) is 0 Å². The normalized spacial score (nSPS) is 19.4. The number of ether oxygens (including phenoxy) is 1. The summed E-state index contributed by atoms with van der Waals surface area (Å²) in [7, 11) is 0. The first-order valence-electron chi connectivity index (χ1n) is 11.2. The minimum absolute atomic E-state index is 0.0569. The number of anilines is 1. The van der Waals surface area contributed by atoms with Crippen molar-refractivity contribution >= 4 is 34.7 Å². The van der Waals surface area contributed by atoms with Crippen molar-refractivity contribution in [3.8, 4) is 5.75 Å². The molecule has 0 bridgehead atoms. The molecule has 1 atom stereocenters. The van der Waals surface area contributed by atoms with E-state index in [0.717, 1.165) is 37.2 Å². The van der Waals surface area contributed by atoms with Gasteiger partial charge >= 0.3 is 0 Å². The van der Waals surface area contributed by atoms with E-state index in [0.29, 0.717) is 33.5 Å². The fourth-order valence-electron chi connectivity index (χ4n) is 4.49. The summed E-state index contributed by atoms with van der Waals surface area (Å²) in [4.78, 5) is 30.8. The Kier molecular flexibility index (Phi) is 6.29. The molecule has 2 amide bonds. The largest absolute Gasteiger partial charge is 0.491 e. The van der Waals surface area contributed by atoms with E-state index in [2.05, 4.69) is 11.8 Å². The maximum Gasteiger partial charge on any atom is 0.282 e. The first-order valence-corrected chi connectivity index (χ1v) is 11.6. The lowest BCUT2D eigenvalue weighted by atomic mass is 9.97. The van der Waals surface area contributed by atoms with Crippen molar-refractivity contribution in [1.82, 2.24) is 4.90 Å². The number of nitrogens with zero attached hydrogens (tertiary/aromatic N) is 2. The minimum Gasteiger partial charge on any atom is -0.491 e. The maximum atomic E-state index is 13.7. The van der Waals surface area contributed by atoms with Crippen LogP contribution in [-0.4, -0.2) is 35.9 Å². The summed E-state index contributed by atoms with van der Waals surface area (Å²) < 4.78 is 5.75. The predicted octanol–water partition coefficient (Wildman–Crippen LogP) is 5.45. The van der Waals surface area contributed by atoms with Crippen LogP contribution in [0.3, 0.4) is 0 Å². The van der Waals surface area contributed by atoms with Crippen molar-refractivity contribution in [2.75, 3.05) is 18.0 Å². The Morgan fingerprint density at radius 1 is 1.06 bits per heavy atom. The Balaban J connectivity index is 1.80. The molecule has 4 rings (SSSR count). The summed E-state index contributed by atoms with van der Waals surface area (Å²) in [6.45, 7) is 9.47. The molecule has 0 aliphatic carbocycles. The summed E-state index contributed by atoms with van der Waals surface area (Å²) in [6, 6.07) is 12.7. The second-order valence-electron chi connectivity index (χ2n) is 8.94. The van der Waals surface area contributed by atoms with E-state index in [1.165, 1.54) is 4.90 Å². The zero-order valence-corrected chi connectivity index (χ0v) is 19.8. The number of carbonyl (C=O) groups excluding carboxylic acids is 2. The number of rotatable bonds is 5. The highest BCUT2D eigenvalue weighted by atomic mass is 35.5. The van der Waals surface area contributed by atoms with Crippen LogP contribution in [-0.2, 0) is 9.59 Å². The van der Waals surface area contributed by atoms with Crippen LogP contribution in [0.1, 0.15) is 44.7 Å². The van der Waals surface area contributed by atoms with Gasteiger partial charge in [-0.2, -0.15) is 0 Å². The molecule has 2 aliphatic rings. The standard InChI is InChI=1S/C26H29ClN2O3/c1-16(2)32-20-12-10-19(11-13-20)23-24(28-14-6-7-17(3)15-28)26(31)29(25(23)30)22-9-5-8-21(27)18(22)4/h5,8-13,16-17H,6-7,14-15H2,1-4H3. The van der Waals surface area contributed by atoms with Crippen LogP contribution in [0.25, 0.3) is 5.57 Å². The van der Waals surface area contributed by atoms with Gasteiger partial charge in [0.05, 0.1) is 17.4 Å². The number of benzene rings is 2. The number of piperidine rings is 1. The Hall–Kier alpha value is -2.79. The zero-order valence-electron chi connectivity index (χ0n) is 19.0. The molecular formula is C26H29ClN2O3. The van der Waals surface area contributed by atoms with E-state index in [-0.39, 0.29) is 17.9 Å². The smallest absolute Gasteiger partial charge is 0.282 e. The second-order valence-corrected chi connectivity index (χ2v) is 9.34. The Morgan fingerprint density at radius 2 is 1.78 bits per heavy atom. The van der Waals surface area contributed by atoms with Crippen molar-refractivity contribution < 1.29 is 14.3 Å². The Bertz CT molecular complexity index is 1070. The molecule has 1 fully saturated rings. The molecule has 1 unspecified atom stereocenters. The van der Waals surface area contributed by atoms with Gasteiger partial charge in [0, 0.05) is 18.1 Å². The molecule has 5 nitrogen and oxygen atoms in total. The molecule has 2 aromatic carbocycles. The summed E-state index contributed by atoms with van der Waals surface area (Å²) in [5.74, 6) is 0.596. The summed E-state index contributed by atoms with van der Waals surface area (Å²) >= 11 is 6.32. The molecule has 6 heteroatoms. The predicted molar refractivity (Wildman–Crippen MR) is 128 cm³/mol. The van der Waals surface area contributed by atoms with Gasteiger partial charge < -0.3 is 9.64 Å². The van der Waals surface area contributed by atoms with Gasteiger partial charge in [-0.05, 0) is 74.9 Å². The molecule has 0 N–H and O–H groups in total. The van der Waals surface area contributed by atoms with Crippen molar-refractivity contribution in [2.24, 2.45) is 5.92 Å². The highest BCUT2D eigenvalue weighted by Crippen LogP contribution is 2.39. The van der Waals surface area contributed by atoms with Crippen LogP contribution in [0, 0.1) is 12.8 Å². The third-order valence-corrected chi connectivity index (χ3v) is 6.44. The molecule has 0 aromatic heterocycles. The Labute approximate surface area is 194 Å². The van der Waals surface area contributed by atoms with Crippen molar-refractivity contribution in [1.29, 1.82) is 0 Å². The summed E-state index contributed by atoms with van der Waals surface area (Å²) in [6.07, 6.45) is 2.18. The first-order chi connectivity index (χ1) is 15.3. The van der Waals surface area contributed by atoms with Crippen LogP contribution in [0.5, 0.6) is 5.75 Å². The van der Waals surface area contributed by atoms with Crippen LogP contribution >= 0.6 is 11.6 Å². The van der Waals surface area contributed by atoms with E-state index < -0.39 is 0 Å². The van der Waals surface area contributed by atoms with Gasteiger partial charge in [-0.25, -0.2) is 4.90 Å². The van der Waals surface area contributed by atoms with Gasteiger partial charge in [0.25, 0.3) is 11.8 Å². The second kappa shape index (κ2) is 8.99. The topological polar surface area (TPSA) is 49.9 Å². The summed E-state index contributed by atoms with van der Waals surface area (Å²) in [5, 5.41) is 0.528. The minimum atomic E-state index is -0.314. The number of imide groups is 1. The van der Waals surface area contributed by atoms with Gasteiger partial charge in [-0.15, -0.1) is 0 Å². The number of hydrogen-bond donors (Lipinski definition) is 0. The molecule has 2 heterocycles. The van der Waals surface area contributed by atoms with Gasteiger partial charge in [0.15, 0.2) is 0 Å². The number of likely N-dealkylation sites (tertiary alicyclic amines) is 1.